The summed E-state index contributed by atoms with van der Waals surface area (Å²) in [5.74, 6) is 0.0573. The van der Waals surface area contributed by atoms with Crippen molar-refractivity contribution in [3.05, 3.63) is 33.9 Å². The van der Waals surface area contributed by atoms with E-state index in [0.717, 1.165) is 18.4 Å². The molecule has 2 bridgehead atoms. The van der Waals surface area contributed by atoms with Crippen LogP contribution in [0.15, 0.2) is 18.2 Å². The monoisotopic (exact) mass is 335 g/mol. The molecule has 2 fully saturated rings. The number of aromatic carboxylic acids is 1. The van der Waals surface area contributed by atoms with Crippen LogP contribution in [0.2, 0.25) is 0 Å². The Balaban J connectivity index is 1.75. The molecule has 0 aliphatic heterocycles. The summed E-state index contributed by atoms with van der Waals surface area (Å²) in [5, 5.41) is 20.2. The van der Waals surface area contributed by atoms with Crippen molar-refractivity contribution in [2.45, 2.75) is 51.4 Å². The second-order valence-corrected chi connectivity index (χ2v) is 6.55. The number of ether oxygens (including phenoxy) is 2. The number of nitro benzene ring substituents is 1. The van der Waals surface area contributed by atoms with Crippen LogP contribution in [0.1, 0.15) is 49.4 Å². The lowest BCUT2D eigenvalue weighted by molar-refractivity contribution is -0.386. The summed E-state index contributed by atoms with van der Waals surface area (Å²) in [6.45, 7) is 1.88. The lowest BCUT2D eigenvalue weighted by Gasteiger charge is -2.27. The zero-order valence-electron chi connectivity index (χ0n) is 13.5. The van der Waals surface area contributed by atoms with Gasteiger partial charge in [-0.1, -0.05) is 6.92 Å². The lowest BCUT2D eigenvalue weighted by Crippen LogP contribution is -2.30. The Morgan fingerprint density at radius 1 is 1.42 bits per heavy atom. The fourth-order valence-corrected chi connectivity index (χ4v) is 3.79. The van der Waals surface area contributed by atoms with Crippen LogP contribution in [0.25, 0.3) is 0 Å². The summed E-state index contributed by atoms with van der Waals surface area (Å²) in [6, 6.07) is 3.54. The van der Waals surface area contributed by atoms with Gasteiger partial charge in [0.1, 0.15) is 0 Å². The van der Waals surface area contributed by atoms with Crippen molar-refractivity contribution in [2.24, 2.45) is 11.8 Å². The minimum absolute atomic E-state index is 0.0506. The number of nitro groups is 1. The molecule has 7 heteroatoms. The van der Waals surface area contributed by atoms with E-state index in [2.05, 4.69) is 0 Å². The van der Waals surface area contributed by atoms with E-state index >= 15 is 0 Å². The van der Waals surface area contributed by atoms with Crippen molar-refractivity contribution < 1.29 is 24.3 Å². The minimum Gasteiger partial charge on any atom is -0.478 e. The molecule has 0 amide bonds. The summed E-state index contributed by atoms with van der Waals surface area (Å²) in [4.78, 5) is 21.7. The van der Waals surface area contributed by atoms with Crippen molar-refractivity contribution in [1.82, 2.24) is 0 Å². The average Bonchev–Trinajstić information content (AvgIpc) is 3.16. The maximum absolute atomic E-state index is 11.2. The molecule has 4 atom stereocenters. The molecule has 24 heavy (non-hydrogen) atoms. The first-order valence-corrected chi connectivity index (χ1v) is 8.31. The molecule has 1 aromatic rings. The third-order valence-electron chi connectivity index (χ3n) is 4.99. The Bertz CT molecular complexity index is 646. The number of carboxylic acids is 1. The highest BCUT2D eigenvalue weighted by Crippen LogP contribution is 2.46. The molecule has 1 N–H and O–H groups in total. The van der Waals surface area contributed by atoms with Gasteiger partial charge in [0.25, 0.3) is 0 Å². The predicted molar refractivity (Wildman–Crippen MR) is 85.1 cm³/mol. The normalized spacial score (nSPS) is 26.3. The molecule has 130 valence electrons. The van der Waals surface area contributed by atoms with Gasteiger partial charge in [-0.3, -0.25) is 10.1 Å². The molecule has 2 aliphatic rings. The van der Waals surface area contributed by atoms with Gasteiger partial charge in [-0.05, 0) is 43.6 Å². The number of nitrogens with zero attached hydrogens (tertiary/aromatic N) is 1. The quantitative estimate of drug-likeness (QED) is 0.464. The molecule has 0 heterocycles. The van der Waals surface area contributed by atoms with Crippen LogP contribution in [-0.2, 0) is 4.74 Å². The van der Waals surface area contributed by atoms with Crippen molar-refractivity contribution in [2.75, 3.05) is 0 Å². The summed E-state index contributed by atoms with van der Waals surface area (Å²) in [5.41, 5.74) is -0.305. The molecule has 0 aromatic heterocycles. The van der Waals surface area contributed by atoms with Crippen molar-refractivity contribution in [3.63, 3.8) is 0 Å². The Labute approximate surface area is 139 Å². The first-order chi connectivity index (χ1) is 11.5. The number of hydrogen-bond donors (Lipinski definition) is 1. The molecule has 0 saturated heterocycles. The van der Waals surface area contributed by atoms with Gasteiger partial charge < -0.3 is 14.6 Å². The zero-order valence-corrected chi connectivity index (χ0v) is 13.5. The van der Waals surface area contributed by atoms with E-state index in [-0.39, 0.29) is 23.1 Å². The van der Waals surface area contributed by atoms with Gasteiger partial charge in [0.05, 0.1) is 16.6 Å². The number of rotatable bonds is 7. The smallest absolute Gasteiger partial charge is 0.335 e. The predicted octanol–water partition coefficient (Wildman–Crippen LogP) is 3.61. The van der Waals surface area contributed by atoms with Gasteiger partial charge in [0.2, 0.25) is 5.75 Å². The molecule has 4 unspecified atom stereocenters. The summed E-state index contributed by atoms with van der Waals surface area (Å²) < 4.78 is 11.7. The Hall–Kier alpha value is -2.15. The Morgan fingerprint density at radius 2 is 2.21 bits per heavy atom. The first-order valence-electron chi connectivity index (χ1n) is 8.31. The number of fused-ring (bicyclic) bond motifs is 2. The summed E-state index contributed by atoms with van der Waals surface area (Å²) in [6.07, 6.45) is 4.68. The van der Waals surface area contributed by atoms with E-state index in [1.165, 1.54) is 31.4 Å². The molecule has 1 aromatic carbocycles. The van der Waals surface area contributed by atoms with E-state index in [9.17, 15) is 14.9 Å². The molecule has 0 radical (unpaired) electrons. The second-order valence-electron chi connectivity index (χ2n) is 6.55. The number of benzene rings is 1. The minimum atomic E-state index is -1.16. The van der Waals surface area contributed by atoms with Gasteiger partial charge in [-0.2, -0.15) is 0 Å². The summed E-state index contributed by atoms with van der Waals surface area (Å²) >= 11 is 0. The standard InChI is InChI=1S/C17H21NO6/c1-2-16(23-14-8-10-3-4-11(14)7-10)24-15-9-12(17(19)20)5-6-13(15)18(21)22/h5-6,9-11,14,16H,2-4,7-8H2,1H3,(H,19,20). The van der Waals surface area contributed by atoms with Crippen LogP contribution in [0, 0.1) is 22.0 Å². The zero-order chi connectivity index (χ0) is 17.3. The van der Waals surface area contributed by atoms with Crippen LogP contribution in [0.4, 0.5) is 5.69 Å². The Kier molecular flexibility index (Phi) is 4.71. The number of carbonyl (C=O) groups is 1. The van der Waals surface area contributed by atoms with E-state index in [1.807, 2.05) is 6.92 Å². The number of carboxylic acid groups (broad SMARTS) is 1. The maximum Gasteiger partial charge on any atom is 0.335 e. The summed E-state index contributed by atoms with van der Waals surface area (Å²) in [7, 11) is 0. The SMILES string of the molecule is CCC(Oc1cc(C(=O)O)ccc1[N+](=O)[O-])OC1CC2CCC1C2. The van der Waals surface area contributed by atoms with Crippen molar-refractivity contribution >= 4 is 11.7 Å². The lowest BCUT2D eigenvalue weighted by atomic mass is 9.98. The van der Waals surface area contributed by atoms with Gasteiger partial charge in [0.15, 0.2) is 6.29 Å². The number of hydrogen-bond acceptors (Lipinski definition) is 5. The van der Waals surface area contributed by atoms with Crippen LogP contribution in [-0.4, -0.2) is 28.4 Å². The highest BCUT2D eigenvalue weighted by atomic mass is 16.7. The molecule has 2 saturated carbocycles. The van der Waals surface area contributed by atoms with E-state index < -0.39 is 17.2 Å². The third kappa shape index (κ3) is 3.36. The van der Waals surface area contributed by atoms with Crippen LogP contribution in [0.5, 0.6) is 5.75 Å². The van der Waals surface area contributed by atoms with Crippen molar-refractivity contribution in [3.8, 4) is 5.75 Å². The third-order valence-corrected chi connectivity index (χ3v) is 4.99. The van der Waals surface area contributed by atoms with Gasteiger partial charge in [-0.15, -0.1) is 0 Å². The molecular weight excluding hydrogens is 314 g/mol. The van der Waals surface area contributed by atoms with E-state index in [0.29, 0.717) is 12.3 Å². The first kappa shape index (κ1) is 16.7. The second kappa shape index (κ2) is 6.76. The highest BCUT2D eigenvalue weighted by Gasteiger charge is 2.41. The average molecular weight is 335 g/mol. The van der Waals surface area contributed by atoms with Crippen LogP contribution < -0.4 is 4.74 Å². The van der Waals surface area contributed by atoms with Gasteiger partial charge in [-0.25, -0.2) is 4.79 Å². The topological polar surface area (TPSA) is 98.9 Å². The van der Waals surface area contributed by atoms with Crippen molar-refractivity contribution in [1.29, 1.82) is 0 Å². The van der Waals surface area contributed by atoms with Gasteiger partial charge in [0, 0.05) is 18.6 Å². The molecule has 0 spiro atoms. The molecular formula is C17H21NO6. The molecule has 7 nitrogen and oxygen atoms in total. The van der Waals surface area contributed by atoms with Gasteiger partial charge >= 0.3 is 11.7 Å². The van der Waals surface area contributed by atoms with E-state index in [4.69, 9.17) is 14.6 Å². The molecule has 3 rings (SSSR count). The Morgan fingerprint density at radius 3 is 2.75 bits per heavy atom. The van der Waals surface area contributed by atoms with Crippen LogP contribution >= 0.6 is 0 Å². The molecule has 2 aliphatic carbocycles. The van der Waals surface area contributed by atoms with Crippen LogP contribution in [0.3, 0.4) is 0 Å². The van der Waals surface area contributed by atoms with E-state index in [1.54, 1.807) is 0 Å². The fraction of sp³-hybridized carbons (Fsp3) is 0.588. The fourth-order valence-electron chi connectivity index (χ4n) is 3.79. The largest absolute Gasteiger partial charge is 0.478 e. The highest BCUT2D eigenvalue weighted by molar-refractivity contribution is 5.88. The maximum atomic E-state index is 11.2.